The molecule has 0 saturated heterocycles. The largest absolute Gasteiger partial charge is 0.493 e. The van der Waals surface area contributed by atoms with Crippen molar-refractivity contribution in [3.05, 3.63) is 53.6 Å². The SMILES string of the molecule is COc1cc(CC(C)N)cc(OCc2ccccc2)c1OC. The van der Waals surface area contributed by atoms with Crippen LogP contribution in [-0.2, 0) is 13.0 Å². The van der Waals surface area contributed by atoms with Gasteiger partial charge in [-0.1, -0.05) is 30.3 Å². The van der Waals surface area contributed by atoms with Crippen LogP contribution in [0.15, 0.2) is 42.5 Å². The number of nitrogens with two attached hydrogens (primary N) is 1. The molecule has 0 spiro atoms. The van der Waals surface area contributed by atoms with E-state index in [9.17, 15) is 0 Å². The van der Waals surface area contributed by atoms with Crippen molar-refractivity contribution >= 4 is 0 Å². The molecule has 4 nitrogen and oxygen atoms in total. The summed E-state index contributed by atoms with van der Waals surface area (Å²) in [5, 5.41) is 0. The highest BCUT2D eigenvalue weighted by atomic mass is 16.5. The van der Waals surface area contributed by atoms with Crippen molar-refractivity contribution < 1.29 is 14.2 Å². The number of hydrogen-bond donors (Lipinski definition) is 1. The maximum Gasteiger partial charge on any atom is 0.203 e. The summed E-state index contributed by atoms with van der Waals surface area (Å²) in [4.78, 5) is 0. The Kier molecular flexibility index (Phi) is 5.67. The zero-order valence-corrected chi connectivity index (χ0v) is 13.3. The average molecular weight is 301 g/mol. The smallest absolute Gasteiger partial charge is 0.203 e. The molecule has 0 aromatic heterocycles. The number of ether oxygens (including phenoxy) is 3. The Morgan fingerprint density at radius 3 is 2.23 bits per heavy atom. The average Bonchev–Trinajstić information content (AvgIpc) is 2.52. The van der Waals surface area contributed by atoms with E-state index in [1.807, 2.05) is 49.4 Å². The fourth-order valence-corrected chi connectivity index (χ4v) is 2.32. The van der Waals surface area contributed by atoms with Crippen LogP contribution in [0.2, 0.25) is 0 Å². The van der Waals surface area contributed by atoms with E-state index in [0.717, 1.165) is 17.5 Å². The van der Waals surface area contributed by atoms with E-state index in [1.54, 1.807) is 14.2 Å². The number of methoxy groups -OCH3 is 2. The first-order valence-corrected chi connectivity index (χ1v) is 7.31. The number of rotatable bonds is 7. The van der Waals surface area contributed by atoms with Crippen LogP contribution < -0.4 is 19.9 Å². The van der Waals surface area contributed by atoms with Crippen molar-refractivity contribution in [2.45, 2.75) is 26.0 Å². The van der Waals surface area contributed by atoms with Gasteiger partial charge in [0.2, 0.25) is 5.75 Å². The van der Waals surface area contributed by atoms with E-state index < -0.39 is 0 Å². The molecule has 2 aromatic rings. The molecule has 0 heterocycles. The molecule has 2 aromatic carbocycles. The highest BCUT2D eigenvalue weighted by molar-refractivity contribution is 5.54. The Hall–Kier alpha value is -2.20. The Labute approximate surface area is 131 Å². The molecule has 0 bridgehead atoms. The van der Waals surface area contributed by atoms with Gasteiger partial charge < -0.3 is 19.9 Å². The Morgan fingerprint density at radius 1 is 0.955 bits per heavy atom. The topological polar surface area (TPSA) is 53.7 Å². The van der Waals surface area contributed by atoms with Crippen LogP contribution in [-0.4, -0.2) is 20.3 Å². The van der Waals surface area contributed by atoms with Gasteiger partial charge in [0.15, 0.2) is 11.5 Å². The van der Waals surface area contributed by atoms with Gasteiger partial charge in [-0.05, 0) is 36.6 Å². The maximum atomic E-state index is 5.93. The Balaban J connectivity index is 2.26. The lowest BCUT2D eigenvalue weighted by molar-refractivity contribution is 0.275. The van der Waals surface area contributed by atoms with Gasteiger partial charge in [-0.2, -0.15) is 0 Å². The lowest BCUT2D eigenvalue weighted by atomic mass is 10.1. The van der Waals surface area contributed by atoms with E-state index in [0.29, 0.717) is 23.9 Å². The number of benzene rings is 2. The highest BCUT2D eigenvalue weighted by Crippen LogP contribution is 2.39. The minimum absolute atomic E-state index is 0.0695. The third-order valence-corrected chi connectivity index (χ3v) is 3.30. The normalized spacial score (nSPS) is 11.8. The lowest BCUT2D eigenvalue weighted by Gasteiger charge is -2.16. The van der Waals surface area contributed by atoms with Gasteiger partial charge in [0.25, 0.3) is 0 Å². The molecule has 0 fully saturated rings. The minimum atomic E-state index is 0.0695. The molecule has 0 aliphatic rings. The maximum absolute atomic E-state index is 5.93. The fraction of sp³-hybridized carbons (Fsp3) is 0.333. The molecule has 1 unspecified atom stereocenters. The monoisotopic (exact) mass is 301 g/mol. The van der Waals surface area contributed by atoms with Crippen LogP contribution in [0.3, 0.4) is 0 Å². The molecule has 22 heavy (non-hydrogen) atoms. The molecule has 0 aliphatic heterocycles. The van der Waals surface area contributed by atoms with Crippen LogP contribution in [0.25, 0.3) is 0 Å². The molecular weight excluding hydrogens is 278 g/mol. The summed E-state index contributed by atoms with van der Waals surface area (Å²) >= 11 is 0. The van der Waals surface area contributed by atoms with Crippen molar-refractivity contribution in [3.63, 3.8) is 0 Å². The van der Waals surface area contributed by atoms with E-state index in [-0.39, 0.29) is 6.04 Å². The summed E-state index contributed by atoms with van der Waals surface area (Å²) in [5.74, 6) is 1.93. The van der Waals surface area contributed by atoms with E-state index in [2.05, 4.69) is 0 Å². The van der Waals surface area contributed by atoms with Crippen molar-refractivity contribution in [1.82, 2.24) is 0 Å². The summed E-state index contributed by atoms with van der Waals surface area (Å²) in [7, 11) is 3.23. The molecule has 2 rings (SSSR count). The van der Waals surface area contributed by atoms with Crippen molar-refractivity contribution in [3.8, 4) is 17.2 Å². The summed E-state index contributed by atoms with van der Waals surface area (Å²) in [5.41, 5.74) is 8.05. The first kappa shape index (κ1) is 16.2. The van der Waals surface area contributed by atoms with Crippen LogP contribution >= 0.6 is 0 Å². The van der Waals surface area contributed by atoms with Gasteiger partial charge in [-0.25, -0.2) is 0 Å². The molecule has 4 heteroatoms. The lowest BCUT2D eigenvalue weighted by Crippen LogP contribution is -2.17. The Bertz CT molecular complexity index is 597. The summed E-state index contributed by atoms with van der Waals surface area (Å²) in [6.45, 7) is 2.45. The zero-order chi connectivity index (χ0) is 15.9. The van der Waals surface area contributed by atoms with Gasteiger partial charge in [0.1, 0.15) is 6.61 Å². The zero-order valence-electron chi connectivity index (χ0n) is 13.3. The van der Waals surface area contributed by atoms with Crippen LogP contribution in [0.1, 0.15) is 18.1 Å². The van der Waals surface area contributed by atoms with Crippen molar-refractivity contribution in [2.75, 3.05) is 14.2 Å². The van der Waals surface area contributed by atoms with Gasteiger partial charge >= 0.3 is 0 Å². The molecule has 1 atom stereocenters. The fourth-order valence-electron chi connectivity index (χ4n) is 2.32. The van der Waals surface area contributed by atoms with Gasteiger partial charge in [0.05, 0.1) is 14.2 Å². The quantitative estimate of drug-likeness (QED) is 0.853. The van der Waals surface area contributed by atoms with E-state index in [1.165, 1.54) is 0 Å². The first-order valence-electron chi connectivity index (χ1n) is 7.31. The molecule has 118 valence electrons. The first-order chi connectivity index (χ1) is 10.6. The Morgan fingerprint density at radius 2 is 1.64 bits per heavy atom. The van der Waals surface area contributed by atoms with Crippen molar-refractivity contribution in [1.29, 1.82) is 0 Å². The molecule has 0 saturated carbocycles. The highest BCUT2D eigenvalue weighted by Gasteiger charge is 2.14. The summed E-state index contributed by atoms with van der Waals surface area (Å²) < 4.78 is 16.8. The van der Waals surface area contributed by atoms with Crippen LogP contribution in [0, 0.1) is 0 Å². The summed E-state index contributed by atoms with van der Waals surface area (Å²) in [6, 6.07) is 14.0. The predicted octanol–water partition coefficient (Wildman–Crippen LogP) is 3.17. The molecule has 0 aliphatic carbocycles. The summed E-state index contributed by atoms with van der Waals surface area (Å²) in [6.07, 6.45) is 0.752. The third kappa shape index (κ3) is 4.15. The van der Waals surface area contributed by atoms with Gasteiger partial charge in [-0.15, -0.1) is 0 Å². The minimum Gasteiger partial charge on any atom is -0.493 e. The van der Waals surface area contributed by atoms with Crippen LogP contribution in [0.5, 0.6) is 17.2 Å². The molecule has 0 radical (unpaired) electrons. The van der Waals surface area contributed by atoms with E-state index >= 15 is 0 Å². The molecular formula is C18H23NO3. The third-order valence-electron chi connectivity index (χ3n) is 3.30. The molecule has 2 N–H and O–H groups in total. The van der Waals surface area contributed by atoms with E-state index in [4.69, 9.17) is 19.9 Å². The number of hydrogen-bond acceptors (Lipinski definition) is 4. The molecule has 0 amide bonds. The second-order valence-corrected chi connectivity index (χ2v) is 5.29. The standard InChI is InChI=1S/C18H23NO3/c1-13(19)9-15-10-16(20-2)18(21-3)17(11-15)22-12-14-7-5-4-6-8-14/h4-8,10-11,13H,9,12,19H2,1-3H3. The van der Waals surface area contributed by atoms with Gasteiger partial charge in [0, 0.05) is 6.04 Å². The van der Waals surface area contributed by atoms with Crippen LogP contribution in [0.4, 0.5) is 0 Å². The second-order valence-electron chi connectivity index (χ2n) is 5.29. The second kappa shape index (κ2) is 7.71. The van der Waals surface area contributed by atoms with Gasteiger partial charge in [-0.3, -0.25) is 0 Å². The predicted molar refractivity (Wildman–Crippen MR) is 87.7 cm³/mol. The van der Waals surface area contributed by atoms with Crippen molar-refractivity contribution in [2.24, 2.45) is 5.73 Å².